The third kappa shape index (κ3) is 1.66. The minimum atomic E-state index is 0.756. The van der Waals surface area contributed by atoms with E-state index in [1.165, 1.54) is 58.0 Å². The highest BCUT2D eigenvalue weighted by Crippen LogP contribution is 2.44. The van der Waals surface area contributed by atoms with Gasteiger partial charge in [0.15, 0.2) is 0 Å². The van der Waals surface area contributed by atoms with Crippen molar-refractivity contribution in [3.05, 3.63) is 7.05 Å². The lowest BCUT2D eigenvalue weighted by molar-refractivity contribution is 0.0883. The van der Waals surface area contributed by atoms with Crippen LogP contribution in [0.25, 0.3) is 0 Å². The van der Waals surface area contributed by atoms with Crippen molar-refractivity contribution in [2.24, 2.45) is 5.41 Å². The van der Waals surface area contributed by atoms with Crippen molar-refractivity contribution in [1.82, 2.24) is 4.90 Å². The van der Waals surface area contributed by atoms with Gasteiger partial charge in [-0.1, -0.05) is 19.3 Å². The Bertz CT molecular complexity index is 137. The van der Waals surface area contributed by atoms with Crippen LogP contribution in [0.4, 0.5) is 0 Å². The van der Waals surface area contributed by atoms with Crippen molar-refractivity contribution in [2.75, 3.05) is 13.1 Å². The number of likely N-dealkylation sites (tertiary alicyclic amines) is 1. The minimum absolute atomic E-state index is 0.756. The molecule has 1 spiro atoms. The first-order valence-electron chi connectivity index (χ1n) is 5.36. The molecule has 2 rings (SSSR count). The second kappa shape index (κ2) is 3.37. The molecule has 0 aromatic rings. The lowest BCUT2D eigenvalue weighted by Gasteiger charge is -2.46. The highest BCUT2D eigenvalue weighted by atomic mass is 15.1. The summed E-state index contributed by atoms with van der Waals surface area (Å²) in [6.45, 7) is 2.47. The maximum absolute atomic E-state index is 4.01. The Morgan fingerprint density at radius 2 is 1.42 bits per heavy atom. The number of piperidine rings is 1. The molecule has 2 fully saturated rings. The van der Waals surface area contributed by atoms with E-state index in [0.29, 0.717) is 0 Å². The van der Waals surface area contributed by atoms with Gasteiger partial charge in [-0.25, -0.2) is 0 Å². The van der Waals surface area contributed by atoms with Crippen molar-refractivity contribution < 1.29 is 0 Å². The van der Waals surface area contributed by atoms with Gasteiger partial charge in [-0.2, -0.15) is 0 Å². The van der Waals surface area contributed by atoms with Crippen LogP contribution in [0.2, 0.25) is 0 Å². The summed E-state index contributed by atoms with van der Waals surface area (Å²) in [6.07, 6.45) is 10.3. The van der Waals surface area contributed by atoms with E-state index >= 15 is 0 Å². The predicted molar refractivity (Wildman–Crippen MR) is 51.7 cm³/mol. The predicted octanol–water partition coefficient (Wildman–Crippen LogP) is 2.82. The van der Waals surface area contributed by atoms with Crippen LogP contribution in [0.1, 0.15) is 44.9 Å². The van der Waals surface area contributed by atoms with Gasteiger partial charge in [0.1, 0.15) is 0 Å². The number of rotatable bonds is 0. The summed E-state index contributed by atoms with van der Waals surface area (Å²) in [5.41, 5.74) is 0.756. The molecule has 2 aliphatic rings. The van der Waals surface area contributed by atoms with E-state index in [1.54, 1.807) is 0 Å². The average molecular weight is 166 g/mol. The van der Waals surface area contributed by atoms with Crippen molar-refractivity contribution >= 4 is 0 Å². The van der Waals surface area contributed by atoms with Crippen LogP contribution in [0.5, 0.6) is 0 Å². The van der Waals surface area contributed by atoms with Crippen LogP contribution in [-0.4, -0.2) is 18.0 Å². The van der Waals surface area contributed by atoms with Gasteiger partial charge in [0.25, 0.3) is 0 Å². The molecule has 12 heavy (non-hydrogen) atoms. The zero-order valence-electron chi connectivity index (χ0n) is 8.02. The monoisotopic (exact) mass is 166 g/mol. The topological polar surface area (TPSA) is 3.24 Å². The Labute approximate surface area is 76.1 Å². The molecule has 0 unspecified atom stereocenters. The van der Waals surface area contributed by atoms with Crippen LogP contribution >= 0.6 is 0 Å². The molecule has 0 radical (unpaired) electrons. The second-order valence-electron chi connectivity index (χ2n) is 4.68. The lowest BCUT2D eigenvalue weighted by Crippen LogP contribution is -2.38. The summed E-state index contributed by atoms with van der Waals surface area (Å²) in [5.74, 6) is 0. The van der Waals surface area contributed by atoms with Gasteiger partial charge >= 0.3 is 0 Å². The highest BCUT2D eigenvalue weighted by Gasteiger charge is 2.33. The molecule has 0 atom stereocenters. The van der Waals surface area contributed by atoms with Gasteiger partial charge in [0, 0.05) is 0 Å². The highest BCUT2D eigenvalue weighted by molar-refractivity contribution is 4.87. The van der Waals surface area contributed by atoms with E-state index in [4.69, 9.17) is 0 Å². The summed E-state index contributed by atoms with van der Waals surface area (Å²) in [7, 11) is 4.01. The first kappa shape index (κ1) is 8.55. The number of nitrogens with zero attached hydrogens (tertiary/aromatic N) is 1. The fourth-order valence-electron chi connectivity index (χ4n) is 2.83. The molecular weight excluding hydrogens is 146 g/mol. The zero-order valence-corrected chi connectivity index (χ0v) is 8.02. The molecule has 1 heteroatoms. The van der Waals surface area contributed by atoms with Crippen LogP contribution in [0.15, 0.2) is 0 Å². The van der Waals surface area contributed by atoms with E-state index in [2.05, 4.69) is 11.9 Å². The molecule has 1 aliphatic carbocycles. The molecule has 1 nitrogen and oxygen atoms in total. The normalized spacial score (nSPS) is 30.8. The van der Waals surface area contributed by atoms with Crippen molar-refractivity contribution in [3.63, 3.8) is 0 Å². The summed E-state index contributed by atoms with van der Waals surface area (Å²) >= 11 is 0. The molecule has 1 aliphatic heterocycles. The Kier molecular flexibility index (Phi) is 2.40. The molecule has 70 valence electrons. The first-order valence-corrected chi connectivity index (χ1v) is 5.36. The molecule has 0 N–H and O–H groups in total. The van der Waals surface area contributed by atoms with Crippen LogP contribution in [-0.2, 0) is 0 Å². The maximum atomic E-state index is 4.01. The molecule has 0 bridgehead atoms. The Hall–Kier alpha value is -0.0400. The fourth-order valence-corrected chi connectivity index (χ4v) is 2.83. The summed E-state index contributed by atoms with van der Waals surface area (Å²) in [6, 6.07) is 0. The molecule has 1 saturated carbocycles. The summed E-state index contributed by atoms with van der Waals surface area (Å²) < 4.78 is 0. The van der Waals surface area contributed by atoms with Gasteiger partial charge < -0.3 is 4.90 Å². The van der Waals surface area contributed by atoms with Gasteiger partial charge in [0.2, 0.25) is 0 Å². The largest absolute Gasteiger partial charge is 0.459 e. The second-order valence-corrected chi connectivity index (χ2v) is 4.68. The zero-order chi connectivity index (χ0) is 8.44. The van der Waals surface area contributed by atoms with Crippen LogP contribution < -0.4 is 0 Å². The molecular formula is C11H20N-. The van der Waals surface area contributed by atoms with Crippen LogP contribution in [0, 0.1) is 12.5 Å². The Balaban J connectivity index is 1.92. The van der Waals surface area contributed by atoms with Gasteiger partial charge in [-0.05, 0) is 44.2 Å². The van der Waals surface area contributed by atoms with E-state index < -0.39 is 0 Å². The minimum Gasteiger partial charge on any atom is -0.459 e. The number of hydrogen-bond donors (Lipinski definition) is 0. The third-order valence-corrected chi connectivity index (χ3v) is 3.83. The van der Waals surface area contributed by atoms with Crippen molar-refractivity contribution in [1.29, 1.82) is 0 Å². The van der Waals surface area contributed by atoms with E-state index in [9.17, 15) is 0 Å². The van der Waals surface area contributed by atoms with E-state index in [0.717, 1.165) is 5.41 Å². The SMILES string of the molecule is [CH2-]N1CCC2(CCCCC2)CC1. The van der Waals surface area contributed by atoms with Crippen molar-refractivity contribution in [2.45, 2.75) is 44.9 Å². The third-order valence-electron chi connectivity index (χ3n) is 3.83. The molecule has 1 heterocycles. The number of hydrogen-bond acceptors (Lipinski definition) is 1. The van der Waals surface area contributed by atoms with Gasteiger partial charge in [-0.15, -0.1) is 0 Å². The average Bonchev–Trinajstić information content (AvgIpc) is 2.13. The molecule has 0 amide bonds. The Morgan fingerprint density at radius 3 is 2.00 bits per heavy atom. The van der Waals surface area contributed by atoms with Gasteiger partial charge in [0.05, 0.1) is 0 Å². The maximum Gasteiger partial charge on any atom is -0.0275 e. The Morgan fingerprint density at radius 1 is 0.833 bits per heavy atom. The first-order chi connectivity index (χ1) is 5.81. The van der Waals surface area contributed by atoms with Crippen molar-refractivity contribution in [3.8, 4) is 0 Å². The smallest absolute Gasteiger partial charge is 0.0275 e. The van der Waals surface area contributed by atoms with Gasteiger partial charge in [-0.3, -0.25) is 7.05 Å². The van der Waals surface area contributed by atoms with E-state index in [1.807, 2.05) is 0 Å². The molecule has 0 aromatic carbocycles. The fraction of sp³-hybridized carbons (Fsp3) is 0.909. The lowest BCUT2D eigenvalue weighted by atomic mass is 9.68. The quantitative estimate of drug-likeness (QED) is 0.500. The molecule has 1 saturated heterocycles. The summed E-state index contributed by atoms with van der Waals surface area (Å²) in [5, 5.41) is 0. The molecule has 0 aromatic heterocycles. The van der Waals surface area contributed by atoms with E-state index in [-0.39, 0.29) is 0 Å². The van der Waals surface area contributed by atoms with Crippen LogP contribution in [0.3, 0.4) is 0 Å². The summed E-state index contributed by atoms with van der Waals surface area (Å²) in [4.78, 5) is 2.24. The standard InChI is InChI=1S/C11H20N/c1-12-9-7-11(8-10-12)5-3-2-4-6-11/h1-10H2/q-1.